The Balaban J connectivity index is 1.79. The summed E-state index contributed by atoms with van der Waals surface area (Å²) in [6, 6.07) is 8.14. The minimum absolute atomic E-state index is 0.0584. The Hall–Kier alpha value is -2.63. The van der Waals surface area contributed by atoms with Crippen molar-refractivity contribution in [2.75, 3.05) is 5.73 Å². The van der Waals surface area contributed by atoms with Gasteiger partial charge in [0.2, 0.25) is 5.89 Å². The van der Waals surface area contributed by atoms with Crippen LogP contribution in [0.3, 0.4) is 0 Å². The second-order valence-corrected chi connectivity index (χ2v) is 4.20. The molecule has 2 N–H and O–H groups in total. The molecule has 1 heterocycles. The monoisotopic (exact) mass is 276 g/mol. The van der Waals surface area contributed by atoms with Crippen LogP contribution in [0, 0.1) is 11.6 Å². The Morgan fingerprint density at radius 3 is 2.80 bits per heavy atom. The van der Waals surface area contributed by atoms with E-state index in [1.165, 1.54) is 6.07 Å². The summed E-state index contributed by atoms with van der Waals surface area (Å²) in [4.78, 5) is 4.17. The van der Waals surface area contributed by atoms with Gasteiger partial charge in [-0.2, -0.15) is 0 Å². The first-order chi connectivity index (χ1) is 9.61. The van der Waals surface area contributed by atoms with E-state index >= 15 is 0 Å². The summed E-state index contributed by atoms with van der Waals surface area (Å²) in [5, 5.41) is 0. The molecule has 0 spiro atoms. The molecule has 0 amide bonds. The van der Waals surface area contributed by atoms with Gasteiger partial charge in [0, 0.05) is 11.8 Å². The van der Waals surface area contributed by atoms with Gasteiger partial charge >= 0.3 is 0 Å². The molecule has 102 valence electrons. The molecule has 0 unspecified atom stereocenters. The smallest absolute Gasteiger partial charge is 0.233 e. The van der Waals surface area contributed by atoms with Gasteiger partial charge in [0.15, 0.2) is 23.8 Å². The molecule has 2 aromatic carbocycles. The third-order valence-electron chi connectivity index (χ3n) is 2.70. The highest BCUT2D eigenvalue weighted by Gasteiger charge is 2.09. The molecule has 0 saturated carbocycles. The van der Waals surface area contributed by atoms with Gasteiger partial charge < -0.3 is 14.9 Å². The maximum absolute atomic E-state index is 13.4. The van der Waals surface area contributed by atoms with Crippen molar-refractivity contribution >= 4 is 16.8 Å². The van der Waals surface area contributed by atoms with Crippen LogP contribution >= 0.6 is 0 Å². The van der Waals surface area contributed by atoms with Gasteiger partial charge in [-0.15, -0.1) is 0 Å². The summed E-state index contributed by atoms with van der Waals surface area (Å²) in [5.41, 5.74) is 7.37. The minimum Gasteiger partial charge on any atom is -0.481 e. The number of aromatic nitrogens is 1. The topological polar surface area (TPSA) is 61.3 Å². The third-order valence-corrected chi connectivity index (χ3v) is 2.70. The number of fused-ring (bicyclic) bond motifs is 1. The molecule has 0 aliphatic heterocycles. The molecule has 0 fully saturated rings. The average Bonchev–Trinajstić information content (AvgIpc) is 2.79. The molecule has 0 bridgehead atoms. The Labute approximate surface area is 112 Å². The summed E-state index contributed by atoms with van der Waals surface area (Å²) in [6.07, 6.45) is 0. The highest BCUT2D eigenvalue weighted by molar-refractivity contribution is 5.76. The SMILES string of the molecule is Nc1ccc2oc(COc3ccc(F)cc3F)nc2c1. The van der Waals surface area contributed by atoms with Crippen LogP contribution in [0.4, 0.5) is 14.5 Å². The molecule has 4 nitrogen and oxygen atoms in total. The average molecular weight is 276 g/mol. The lowest BCUT2D eigenvalue weighted by atomic mass is 10.3. The Kier molecular flexibility index (Phi) is 2.98. The number of anilines is 1. The second kappa shape index (κ2) is 4.80. The van der Waals surface area contributed by atoms with E-state index in [2.05, 4.69) is 4.98 Å². The predicted octanol–water partition coefficient (Wildman–Crippen LogP) is 3.27. The number of nitrogens with zero attached hydrogens (tertiary/aromatic N) is 1. The van der Waals surface area contributed by atoms with Crippen LogP contribution in [-0.4, -0.2) is 4.98 Å². The fourth-order valence-electron chi connectivity index (χ4n) is 1.79. The zero-order valence-electron chi connectivity index (χ0n) is 10.3. The van der Waals surface area contributed by atoms with Crippen molar-refractivity contribution in [3.63, 3.8) is 0 Å². The lowest BCUT2D eigenvalue weighted by molar-refractivity contribution is 0.255. The highest BCUT2D eigenvalue weighted by atomic mass is 19.1. The number of halogens is 2. The normalized spacial score (nSPS) is 10.9. The Bertz CT molecular complexity index is 771. The summed E-state index contributed by atoms with van der Waals surface area (Å²) >= 11 is 0. The van der Waals surface area contributed by atoms with E-state index in [1.54, 1.807) is 18.2 Å². The van der Waals surface area contributed by atoms with E-state index in [4.69, 9.17) is 14.9 Å². The fourth-order valence-corrected chi connectivity index (χ4v) is 1.79. The molecule has 1 aromatic heterocycles. The van der Waals surface area contributed by atoms with Crippen molar-refractivity contribution < 1.29 is 17.9 Å². The van der Waals surface area contributed by atoms with E-state index in [9.17, 15) is 8.78 Å². The van der Waals surface area contributed by atoms with Gasteiger partial charge in [0.25, 0.3) is 0 Å². The van der Waals surface area contributed by atoms with Crippen LogP contribution in [0.5, 0.6) is 5.75 Å². The molecule has 0 aliphatic carbocycles. The molecule has 6 heteroatoms. The van der Waals surface area contributed by atoms with Crippen LogP contribution in [0.15, 0.2) is 40.8 Å². The van der Waals surface area contributed by atoms with Crippen LogP contribution in [0.2, 0.25) is 0 Å². The van der Waals surface area contributed by atoms with Crippen LogP contribution in [-0.2, 0) is 6.61 Å². The van der Waals surface area contributed by atoms with Crippen molar-refractivity contribution in [1.29, 1.82) is 0 Å². The minimum atomic E-state index is -0.773. The quantitative estimate of drug-likeness (QED) is 0.746. The van der Waals surface area contributed by atoms with E-state index in [0.29, 0.717) is 16.8 Å². The summed E-state index contributed by atoms with van der Waals surface area (Å²) in [5.74, 6) is -1.21. The molecule has 0 aliphatic rings. The van der Waals surface area contributed by atoms with Gasteiger partial charge in [-0.25, -0.2) is 13.8 Å². The molecule has 0 radical (unpaired) electrons. The maximum atomic E-state index is 13.4. The third kappa shape index (κ3) is 2.40. The molecular formula is C14H10F2N2O2. The first-order valence-electron chi connectivity index (χ1n) is 5.84. The molecule has 20 heavy (non-hydrogen) atoms. The Morgan fingerprint density at radius 2 is 2.00 bits per heavy atom. The van der Waals surface area contributed by atoms with Gasteiger partial charge in [0.1, 0.15) is 11.3 Å². The number of hydrogen-bond acceptors (Lipinski definition) is 4. The molecular weight excluding hydrogens is 266 g/mol. The van der Waals surface area contributed by atoms with Crippen molar-refractivity contribution in [2.45, 2.75) is 6.61 Å². The van der Waals surface area contributed by atoms with Crippen LogP contribution in [0.1, 0.15) is 5.89 Å². The largest absolute Gasteiger partial charge is 0.481 e. The van der Waals surface area contributed by atoms with Crippen LogP contribution < -0.4 is 10.5 Å². The highest BCUT2D eigenvalue weighted by Crippen LogP contribution is 2.21. The number of nitrogen functional groups attached to an aromatic ring is 1. The first kappa shape index (κ1) is 12.4. The second-order valence-electron chi connectivity index (χ2n) is 4.20. The molecule has 0 atom stereocenters. The van der Waals surface area contributed by atoms with E-state index in [-0.39, 0.29) is 18.2 Å². The Morgan fingerprint density at radius 1 is 1.15 bits per heavy atom. The standard InChI is InChI=1S/C14H10F2N2O2/c15-8-1-3-12(10(16)5-8)19-7-14-18-11-6-9(17)2-4-13(11)20-14/h1-6H,7,17H2. The molecule has 0 saturated heterocycles. The summed E-state index contributed by atoms with van der Waals surface area (Å²) in [6.45, 7) is -0.0584. The van der Waals surface area contributed by atoms with Gasteiger partial charge in [-0.1, -0.05) is 0 Å². The zero-order chi connectivity index (χ0) is 14.1. The lowest BCUT2D eigenvalue weighted by Gasteiger charge is -2.04. The predicted molar refractivity (Wildman–Crippen MR) is 69.1 cm³/mol. The van der Waals surface area contributed by atoms with Gasteiger partial charge in [0.05, 0.1) is 0 Å². The van der Waals surface area contributed by atoms with Crippen molar-refractivity contribution in [3.05, 3.63) is 53.9 Å². The van der Waals surface area contributed by atoms with Crippen LogP contribution in [0.25, 0.3) is 11.1 Å². The fraction of sp³-hybridized carbons (Fsp3) is 0.0714. The number of hydrogen-bond donors (Lipinski definition) is 1. The van der Waals surface area contributed by atoms with Crippen molar-refractivity contribution in [1.82, 2.24) is 4.98 Å². The zero-order valence-corrected chi connectivity index (χ0v) is 10.3. The first-order valence-corrected chi connectivity index (χ1v) is 5.84. The van der Waals surface area contributed by atoms with E-state index < -0.39 is 11.6 Å². The van der Waals surface area contributed by atoms with Gasteiger partial charge in [-0.05, 0) is 30.3 Å². The number of rotatable bonds is 3. The lowest BCUT2D eigenvalue weighted by Crippen LogP contribution is -1.97. The van der Waals surface area contributed by atoms with Gasteiger partial charge in [-0.3, -0.25) is 0 Å². The van der Waals surface area contributed by atoms with E-state index in [0.717, 1.165) is 12.1 Å². The maximum Gasteiger partial charge on any atom is 0.233 e. The molecule has 3 aromatic rings. The van der Waals surface area contributed by atoms with E-state index in [1.807, 2.05) is 0 Å². The number of oxazole rings is 1. The summed E-state index contributed by atoms with van der Waals surface area (Å²) < 4.78 is 36.8. The number of benzene rings is 2. The van der Waals surface area contributed by atoms with Crippen molar-refractivity contribution in [2.24, 2.45) is 0 Å². The number of ether oxygens (including phenoxy) is 1. The number of nitrogens with two attached hydrogens (primary N) is 1. The van der Waals surface area contributed by atoms with Crippen molar-refractivity contribution in [3.8, 4) is 5.75 Å². The molecule has 3 rings (SSSR count). The summed E-state index contributed by atoms with van der Waals surface area (Å²) in [7, 11) is 0.